The molecule has 0 bridgehead atoms. The number of hydrogen-bond donors (Lipinski definition) is 0. The molecule has 2 heteroatoms. The number of quaternary nitrogens is 1. The number of rotatable bonds is 3. The van der Waals surface area contributed by atoms with Gasteiger partial charge in [0, 0.05) is 13.0 Å². The maximum absolute atomic E-state index is 2.39. The zero-order valence-corrected chi connectivity index (χ0v) is 10.5. The quantitative estimate of drug-likeness (QED) is 0.481. The first-order valence-corrected chi connectivity index (χ1v) is 5.35. The fourth-order valence-electron chi connectivity index (χ4n) is 1.66. The lowest BCUT2D eigenvalue weighted by Gasteiger charge is -2.16. The smallest absolute Gasteiger partial charge is 0.147 e. The van der Waals surface area contributed by atoms with Crippen LogP contribution in [0.3, 0.4) is 0 Å². The third-order valence-electron chi connectivity index (χ3n) is 3.19. The molecule has 0 N–H and O–H groups in total. The van der Waals surface area contributed by atoms with Gasteiger partial charge < -0.3 is 9.38 Å². The average molecular weight is 187 g/mol. The first-order chi connectivity index (χ1) is 5.87. The third kappa shape index (κ3) is 3.28. The SMILES string of the molecule is CC.CN(C)CCC1(C)C[N+]1(C)C. The van der Waals surface area contributed by atoms with E-state index in [0.29, 0.717) is 5.54 Å². The monoisotopic (exact) mass is 187 g/mol. The van der Waals surface area contributed by atoms with Crippen LogP contribution in [0.2, 0.25) is 0 Å². The first kappa shape index (κ1) is 12.9. The summed E-state index contributed by atoms with van der Waals surface area (Å²) in [6.45, 7) is 8.95. The highest BCUT2D eigenvalue weighted by molar-refractivity contribution is 4.88. The predicted octanol–water partition coefficient (Wildman–Crippen LogP) is 1.81. The van der Waals surface area contributed by atoms with Crippen molar-refractivity contribution in [2.75, 3.05) is 41.3 Å². The summed E-state index contributed by atoms with van der Waals surface area (Å²) in [4.78, 5) is 2.27. The van der Waals surface area contributed by atoms with Crippen LogP contribution in [-0.4, -0.2) is 56.2 Å². The third-order valence-corrected chi connectivity index (χ3v) is 3.19. The van der Waals surface area contributed by atoms with Crippen LogP contribution >= 0.6 is 0 Å². The molecule has 0 aromatic rings. The Morgan fingerprint density at radius 2 is 1.62 bits per heavy atom. The van der Waals surface area contributed by atoms with Gasteiger partial charge in [-0.25, -0.2) is 0 Å². The Morgan fingerprint density at radius 1 is 1.23 bits per heavy atom. The molecule has 80 valence electrons. The molecule has 1 saturated heterocycles. The van der Waals surface area contributed by atoms with Crippen molar-refractivity contribution in [2.24, 2.45) is 0 Å². The Morgan fingerprint density at radius 3 is 1.85 bits per heavy atom. The van der Waals surface area contributed by atoms with E-state index >= 15 is 0 Å². The molecule has 13 heavy (non-hydrogen) atoms. The second kappa shape index (κ2) is 4.43. The van der Waals surface area contributed by atoms with Crippen LogP contribution in [0.5, 0.6) is 0 Å². The highest BCUT2D eigenvalue weighted by atomic mass is 15.5. The molecule has 1 unspecified atom stereocenters. The fourth-order valence-corrected chi connectivity index (χ4v) is 1.66. The Kier molecular flexibility index (Phi) is 4.40. The maximum atomic E-state index is 2.39. The van der Waals surface area contributed by atoms with Crippen LogP contribution in [0.1, 0.15) is 27.2 Å². The lowest BCUT2D eigenvalue weighted by Crippen LogP contribution is -2.29. The maximum Gasteiger partial charge on any atom is 0.147 e. The molecule has 1 fully saturated rings. The second-order valence-corrected chi connectivity index (χ2v) is 4.89. The lowest BCUT2D eigenvalue weighted by atomic mass is 10.1. The van der Waals surface area contributed by atoms with E-state index in [9.17, 15) is 0 Å². The van der Waals surface area contributed by atoms with Gasteiger partial charge in [-0.2, -0.15) is 0 Å². The van der Waals surface area contributed by atoms with Gasteiger partial charge in [0.15, 0.2) is 0 Å². The molecule has 1 aliphatic rings. The standard InChI is InChI=1S/C9H21N2.C2H6/c1-9(6-7-10(2)3)8-11(9,4)5;1-2/h6-8H2,1-5H3;1-2H3/q+1;. The van der Waals surface area contributed by atoms with E-state index in [0.717, 1.165) is 0 Å². The van der Waals surface area contributed by atoms with Crippen molar-refractivity contribution >= 4 is 0 Å². The second-order valence-electron chi connectivity index (χ2n) is 4.89. The minimum absolute atomic E-state index is 0.574. The van der Waals surface area contributed by atoms with Crippen LogP contribution < -0.4 is 0 Å². The minimum atomic E-state index is 0.574. The largest absolute Gasteiger partial charge is 0.314 e. The summed E-state index contributed by atoms with van der Waals surface area (Å²) in [7, 11) is 8.92. The summed E-state index contributed by atoms with van der Waals surface area (Å²) in [5.74, 6) is 0. The Hall–Kier alpha value is -0.0800. The Bertz CT molecular complexity index is 152. The van der Waals surface area contributed by atoms with Gasteiger partial charge in [-0.05, 0) is 21.0 Å². The molecule has 0 aliphatic carbocycles. The Labute approximate surface area is 84.1 Å². The van der Waals surface area contributed by atoms with Gasteiger partial charge in [0.05, 0.1) is 14.1 Å². The average Bonchev–Trinajstić information content (AvgIpc) is 2.53. The fraction of sp³-hybridized carbons (Fsp3) is 1.00. The van der Waals surface area contributed by atoms with Crippen LogP contribution in [0, 0.1) is 0 Å². The normalized spacial score (nSPS) is 29.5. The van der Waals surface area contributed by atoms with Crippen LogP contribution in [-0.2, 0) is 0 Å². The van der Waals surface area contributed by atoms with Gasteiger partial charge in [-0.1, -0.05) is 13.8 Å². The van der Waals surface area contributed by atoms with E-state index in [1.807, 2.05) is 13.8 Å². The van der Waals surface area contributed by atoms with Gasteiger partial charge in [0.1, 0.15) is 12.1 Å². The molecule has 0 saturated carbocycles. The summed E-state index contributed by atoms with van der Waals surface area (Å²) >= 11 is 0. The Balaban J connectivity index is 0.000000671. The molecule has 2 nitrogen and oxygen atoms in total. The zero-order chi connectivity index (χ0) is 10.7. The lowest BCUT2D eigenvalue weighted by molar-refractivity contribution is -0.785. The van der Waals surface area contributed by atoms with Crippen LogP contribution in [0.4, 0.5) is 0 Å². The summed E-state index contributed by atoms with van der Waals surface area (Å²) in [6.07, 6.45) is 1.33. The molecule has 0 spiro atoms. The molecule has 0 aromatic carbocycles. The molecule has 1 heterocycles. The van der Waals surface area contributed by atoms with Crippen LogP contribution in [0.25, 0.3) is 0 Å². The summed E-state index contributed by atoms with van der Waals surface area (Å²) < 4.78 is 1.21. The minimum Gasteiger partial charge on any atom is -0.314 e. The van der Waals surface area contributed by atoms with Gasteiger partial charge >= 0.3 is 0 Å². The van der Waals surface area contributed by atoms with E-state index in [-0.39, 0.29) is 0 Å². The van der Waals surface area contributed by atoms with Gasteiger partial charge in [-0.15, -0.1) is 0 Å². The highest BCUT2D eigenvalue weighted by Gasteiger charge is 2.59. The van der Waals surface area contributed by atoms with Crippen molar-refractivity contribution in [1.29, 1.82) is 0 Å². The topological polar surface area (TPSA) is 3.24 Å². The summed E-state index contributed by atoms with van der Waals surface area (Å²) in [6, 6.07) is 0. The van der Waals surface area contributed by atoms with E-state index in [1.165, 1.54) is 24.0 Å². The molecule has 0 radical (unpaired) electrons. The summed E-state index contributed by atoms with van der Waals surface area (Å²) in [5, 5.41) is 0. The molecule has 0 amide bonds. The van der Waals surface area contributed by atoms with Gasteiger partial charge in [0.25, 0.3) is 0 Å². The van der Waals surface area contributed by atoms with Crippen molar-refractivity contribution in [1.82, 2.24) is 4.90 Å². The molecule has 1 atom stereocenters. The van der Waals surface area contributed by atoms with Crippen molar-refractivity contribution in [3.63, 3.8) is 0 Å². The molecule has 1 aliphatic heterocycles. The molecule has 1 rings (SSSR count). The highest BCUT2D eigenvalue weighted by Crippen LogP contribution is 2.40. The molecular weight excluding hydrogens is 160 g/mol. The first-order valence-electron chi connectivity index (χ1n) is 5.35. The van der Waals surface area contributed by atoms with E-state index < -0.39 is 0 Å². The molecular formula is C11H27N2+. The van der Waals surface area contributed by atoms with Gasteiger partial charge in [-0.3, -0.25) is 0 Å². The zero-order valence-electron chi connectivity index (χ0n) is 10.5. The molecule has 0 aromatic heterocycles. The summed E-state index contributed by atoms with van der Waals surface area (Å²) in [5.41, 5.74) is 0.574. The van der Waals surface area contributed by atoms with Crippen molar-refractivity contribution in [3.8, 4) is 0 Å². The van der Waals surface area contributed by atoms with Crippen LogP contribution in [0.15, 0.2) is 0 Å². The number of likely N-dealkylation sites (N-methyl/N-ethyl adjacent to an activating group) is 1. The number of hydrogen-bond acceptors (Lipinski definition) is 1. The van der Waals surface area contributed by atoms with Crippen molar-refractivity contribution < 1.29 is 4.48 Å². The predicted molar refractivity (Wildman–Crippen MR) is 59.9 cm³/mol. The number of nitrogens with zero attached hydrogens (tertiary/aromatic N) is 2. The van der Waals surface area contributed by atoms with Crippen molar-refractivity contribution in [3.05, 3.63) is 0 Å². The van der Waals surface area contributed by atoms with Gasteiger partial charge in [0.2, 0.25) is 0 Å². The van der Waals surface area contributed by atoms with E-state index in [4.69, 9.17) is 0 Å². The van der Waals surface area contributed by atoms with Crippen molar-refractivity contribution in [2.45, 2.75) is 32.7 Å². The van der Waals surface area contributed by atoms with E-state index in [1.54, 1.807) is 0 Å². The van der Waals surface area contributed by atoms with E-state index in [2.05, 4.69) is 40.0 Å².